The molecule has 0 saturated carbocycles. The molecule has 0 fully saturated rings. The molecule has 0 aliphatic heterocycles. The van der Waals surface area contributed by atoms with Crippen LogP contribution in [0.5, 0.6) is 11.6 Å². The molecule has 0 radical (unpaired) electrons. The molecule has 0 aliphatic rings. The van der Waals surface area contributed by atoms with Gasteiger partial charge in [-0.2, -0.15) is 0 Å². The molecule has 3 aromatic heterocycles. The molecule has 0 N–H and O–H groups in total. The van der Waals surface area contributed by atoms with Gasteiger partial charge in [0.2, 0.25) is 11.8 Å². The van der Waals surface area contributed by atoms with Crippen LogP contribution in [0.1, 0.15) is 32.3 Å². The van der Waals surface area contributed by atoms with E-state index in [1.165, 1.54) is 5.56 Å². The van der Waals surface area contributed by atoms with Crippen molar-refractivity contribution in [3.63, 3.8) is 0 Å². The maximum absolute atomic E-state index is 6.00. The Morgan fingerprint density at radius 3 is 2.52 bits per heavy atom. The highest BCUT2D eigenvalue weighted by Gasteiger charge is 2.13. The summed E-state index contributed by atoms with van der Waals surface area (Å²) in [6, 6.07) is 5.92. The third kappa shape index (κ3) is 4.58. The summed E-state index contributed by atoms with van der Waals surface area (Å²) in [5.41, 5.74) is 3.14. The van der Waals surface area contributed by atoms with Crippen LogP contribution >= 0.6 is 0 Å². The Morgan fingerprint density at radius 2 is 1.78 bits per heavy atom. The lowest BCUT2D eigenvalue weighted by atomic mass is 10.0. The first kappa shape index (κ1) is 18.8. The Hall–Kier alpha value is -3.02. The zero-order chi connectivity index (χ0) is 19.1. The van der Waals surface area contributed by atoms with Crippen LogP contribution in [0.15, 0.2) is 49.2 Å². The highest BCUT2D eigenvalue weighted by Crippen LogP contribution is 2.32. The lowest BCUT2D eigenvalue weighted by Gasteiger charge is -2.16. The second kappa shape index (κ2) is 9.07. The highest BCUT2D eigenvalue weighted by atomic mass is 16.5. The van der Waals surface area contributed by atoms with Crippen molar-refractivity contribution in [2.75, 3.05) is 18.5 Å². The van der Waals surface area contributed by atoms with E-state index in [1.54, 1.807) is 24.8 Å². The SMILES string of the molecule is CCCCN(C)c1ncc(Oc2ncccc2-c2cnccc2CC)cn1. The molecule has 0 aliphatic carbocycles. The van der Waals surface area contributed by atoms with E-state index in [0.29, 0.717) is 17.6 Å². The summed E-state index contributed by atoms with van der Waals surface area (Å²) in [5.74, 6) is 1.78. The fourth-order valence-corrected chi connectivity index (χ4v) is 2.82. The summed E-state index contributed by atoms with van der Waals surface area (Å²) < 4.78 is 6.00. The number of ether oxygens (including phenoxy) is 1. The molecule has 6 heteroatoms. The van der Waals surface area contributed by atoms with Crippen LogP contribution in [-0.2, 0) is 6.42 Å². The number of rotatable bonds is 8. The zero-order valence-electron chi connectivity index (χ0n) is 16.1. The molecule has 0 saturated heterocycles. The van der Waals surface area contributed by atoms with E-state index in [-0.39, 0.29) is 0 Å². The van der Waals surface area contributed by atoms with Crippen molar-refractivity contribution in [2.45, 2.75) is 33.1 Å². The average molecular weight is 363 g/mol. The van der Waals surface area contributed by atoms with Gasteiger partial charge in [-0.3, -0.25) is 4.98 Å². The Labute approximate surface area is 160 Å². The maximum atomic E-state index is 6.00. The summed E-state index contributed by atoms with van der Waals surface area (Å²) in [6.07, 6.45) is 11.9. The molecule has 140 valence electrons. The summed E-state index contributed by atoms with van der Waals surface area (Å²) in [5, 5.41) is 0. The van der Waals surface area contributed by atoms with E-state index in [9.17, 15) is 0 Å². The van der Waals surface area contributed by atoms with Crippen LogP contribution in [-0.4, -0.2) is 33.5 Å². The van der Waals surface area contributed by atoms with Crippen molar-refractivity contribution in [1.29, 1.82) is 0 Å². The predicted molar refractivity (Wildman–Crippen MR) is 107 cm³/mol. The molecule has 0 atom stereocenters. The van der Waals surface area contributed by atoms with Crippen LogP contribution in [0, 0.1) is 0 Å². The number of nitrogens with zero attached hydrogens (tertiary/aromatic N) is 5. The van der Waals surface area contributed by atoms with Crippen LogP contribution < -0.4 is 9.64 Å². The molecule has 0 unspecified atom stereocenters. The molecule has 0 aromatic carbocycles. The predicted octanol–water partition coefficient (Wildman–Crippen LogP) is 4.52. The lowest BCUT2D eigenvalue weighted by molar-refractivity contribution is 0.460. The number of unbranched alkanes of at least 4 members (excludes halogenated alkanes) is 1. The van der Waals surface area contributed by atoms with Gasteiger partial charge in [0, 0.05) is 43.3 Å². The minimum Gasteiger partial charge on any atom is -0.435 e. The Balaban J connectivity index is 1.83. The molecule has 0 spiro atoms. The van der Waals surface area contributed by atoms with E-state index in [0.717, 1.165) is 36.9 Å². The van der Waals surface area contributed by atoms with Crippen molar-refractivity contribution >= 4 is 5.95 Å². The second-order valence-electron chi connectivity index (χ2n) is 6.34. The number of hydrogen-bond acceptors (Lipinski definition) is 6. The normalized spacial score (nSPS) is 10.6. The van der Waals surface area contributed by atoms with Crippen LogP contribution in [0.4, 0.5) is 5.95 Å². The van der Waals surface area contributed by atoms with Crippen LogP contribution in [0.2, 0.25) is 0 Å². The van der Waals surface area contributed by atoms with Gasteiger partial charge in [0.05, 0.1) is 12.4 Å². The Kier molecular flexibility index (Phi) is 6.30. The highest BCUT2D eigenvalue weighted by molar-refractivity contribution is 5.71. The molecule has 3 aromatic rings. The molecule has 3 heterocycles. The second-order valence-corrected chi connectivity index (χ2v) is 6.34. The number of aromatic nitrogens is 4. The van der Waals surface area contributed by atoms with Crippen molar-refractivity contribution in [3.05, 3.63) is 54.7 Å². The smallest absolute Gasteiger partial charge is 0.227 e. The fraction of sp³-hybridized carbons (Fsp3) is 0.333. The van der Waals surface area contributed by atoms with Gasteiger partial charge in [-0.1, -0.05) is 20.3 Å². The van der Waals surface area contributed by atoms with Crippen molar-refractivity contribution in [3.8, 4) is 22.8 Å². The first-order valence-corrected chi connectivity index (χ1v) is 9.32. The lowest BCUT2D eigenvalue weighted by Crippen LogP contribution is -2.20. The number of pyridine rings is 2. The third-order valence-electron chi connectivity index (χ3n) is 4.37. The van der Waals surface area contributed by atoms with E-state index in [4.69, 9.17) is 4.74 Å². The quantitative estimate of drug-likeness (QED) is 0.586. The molecular weight excluding hydrogens is 338 g/mol. The van der Waals surface area contributed by atoms with Gasteiger partial charge in [-0.25, -0.2) is 15.0 Å². The summed E-state index contributed by atoms with van der Waals surface area (Å²) in [4.78, 5) is 19.5. The summed E-state index contributed by atoms with van der Waals surface area (Å²) in [6.45, 7) is 5.22. The Bertz CT molecular complexity index is 866. The maximum Gasteiger partial charge on any atom is 0.227 e. The average Bonchev–Trinajstić information content (AvgIpc) is 2.73. The van der Waals surface area contributed by atoms with Gasteiger partial charge in [0.15, 0.2) is 5.75 Å². The van der Waals surface area contributed by atoms with Gasteiger partial charge in [-0.05, 0) is 36.6 Å². The summed E-state index contributed by atoms with van der Waals surface area (Å²) in [7, 11) is 2.00. The molecular formula is C21H25N5O. The fourth-order valence-electron chi connectivity index (χ4n) is 2.82. The van der Waals surface area contributed by atoms with Crippen LogP contribution in [0.3, 0.4) is 0 Å². The monoisotopic (exact) mass is 363 g/mol. The molecule has 3 rings (SSSR count). The van der Waals surface area contributed by atoms with E-state index >= 15 is 0 Å². The molecule has 0 bridgehead atoms. The van der Waals surface area contributed by atoms with Gasteiger partial charge in [0.1, 0.15) is 0 Å². The molecule has 0 amide bonds. The first-order valence-electron chi connectivity index (χ1n) is 9.32. The number of aryl methyl sites for hydroxylation is 1. The van der Waals surface area contributed by atoms with E-state index in [1.807, 2.05) is 36.3 Å². The largest absolute Gasteiger partial charge is 0.435 e. The minimum absolute atomic E-state index is 0.524. The van der Waals surface area contributed by atoms with Crippen molar-refractivity contribution in [1.82, 2.24) is 19.9 Å². The van der Waals surface area contributed by atoms with Crippen molar-refractivity contribution < 1.29 is 4.74 Å². The van der Waals surface area contributed by atoms with Crippen LogP contribution in [0.25, 0.3) is 11.1 Å². The molecule has 6 nitrogen and oxygen atoms in total. The van der Waals surface area contributed by atoms with E-state index in [2.05, 4.69) is 33.8 Å². The third-order valence-corrected chi connectivity index (χ3v) is 4.37. The summed E-state index contributed by atoms with van der Waals surface area (Å²) >= 11 is 0. The number of anilines is 1. The minimum atomic E-state index is 0.524. The number of hydrogen-bond donors (Lipinski definition) is 0. The van der Waals surface area contributed by atoms with Gasteiger partial charge >= 0.3 is 0 Å². The zero-order valence-corrected chi connectivity index (χ0v) is 16.1. The topological polar surface area (TPSA) is 64.0 Å². The van der Waals surface area contributed by atoms with Gasteiger partial charge < -0.3 is 9.64 Å². The van der Waals surface area contributed by atoms with Gasteiger partial charge in [0.25, 0.3) is 0 Å². The Morgan fingerprint density at radius 1 is 0.963 bits per heavy atom. The molecule has 27 heavy (non-hydrogen) atoms. The van der Waals surface area contributed by atoms with Gasteiger partial charge in [-0.15, -0.1) is 0 Å². The van der Waals surface area contributed by atoms with E-state index < -0.39 is 0 Å². The van der Waals surface area contributed by atoms with Crippen molar-refractivity contribution in [2.24, 2.45) is 0 Å². The first-order chi connectivity index (χ1) is 13.2. The standard InChI is InChI=1S/C21H25N5O/c1-4-6-12-26(3)21-24-13-17(14-25-21)27-20-18(8-7-10-23-20)19-15-22-11-9-16(19)5-2/h7-11,13-15H,4-6,12H2,1-3H3.